The lowest BCUT2D eigenvalue weighted by Gasteiger charge is -2.22. The fraction of sp³-hybridized carbons (Fsp3) is 0.417. The van der Waals surface area contributed by atoms with Crippen molar-refractivity contribution < 1.29 is 4.79 Å². The Hall–Kier alpha value is -0.710. The van der Waals surface area contributed by atoms with Gasteiger partial charge in [-0.3, -0.25) is 4.79 Å². The molecule has 17 heavy (non-hydrogen) atoms. The zero-order chi connectivity index (χ0) is 12.3. The minimum absolute atomic E-state index is 0.00611. The Bertz CT molecular complexity index is 399. The van der Waals surface area contributed by atoms with Crippen molar-refractivity contribution in [3.05, 3.63) is 28.8 Å². The summed E-state index contributed by atoms with van der Waals surface area (Å²) in [5.41, 5.74) is 1.70. The van der Waals surface area contributed by atoms with Gasteiger partial charge in [-0.2, -0.15) is 11.8 Å². The number of carbonyl (C=O) groups excluding carboxylic acids is 1. The lowest BCUT2D eigenvalue weighted by Crippen LogP contribution is -2.46. The number of anilines is 1. The summed E-state index contributed by atoms with van der Waals surface area (Å²) in [5.74, 6) is 1.87. The largest absolute Gasteiger partial charge is 0.323 e. The van der Waals surface area contributed by atoms with Gasteiger partial charge in [0.15, 0.2) is 0 Å². The number of benzene rings is 1. The highest BCUT2D eigenvalue weighted by Gasteiger charge is 2.21. The first-order valence-corrected chi connectivity index (χ1v) is 7.09. The van der Waals surface area contributed by atoms with Gasteiger partial charge in [-0.15, -0.1) is 0 Å². The SMILES string of the molecule is Cc1cccc(Cl)c1NC(=O)C1CSCCN1. The number of thioether (sulfide) groups is 1. The molecule has 1 heterocycles. The van der Waals surface area contributed by atoms with E-state index in [0.29, 0.717) is 5.02 Å². The number of amides is 1. The Morgan fingerprint density at radius 1 is 1.59 bits per heavy atom. The van der Waals surface area contributed by atoms with Crippen LogP contribution in [0.25, 0.3) is 0 Å². The molecule has 92 valence electrons. The summed E-state index contributed by atoms with van der Waals surface area (Å²) in [7, 11) is 0. The third-order valence-electron chi connectivity index (χ3n) is 2.71. The summed E-state index contributed by atoms with van der Waals surface area (Å²) in [6, 6.07) is 5.48. The van der Waals surface area contributed by atoms with Crippen LogP contribution in [0.15, 0.2) is 18.2 Å². The van der Waals surface area contributed by atoms with Crippen LogP contribution in [-0.4, -0.2) is 30.0 Å². The van der Waals surface area contributed by atoms with Crippen LogP contribution in [-0.2, 0) is 4.79 Å². The molecule has 0 aliphatic carbocycles. The molecule has 1 aliphatic rings. The number of nitrogens with one attached hydrogen (secondary N) is 2. The molecule has 5 heteroatoms. The van der Waals surface area contributed by atoms with Crippen molar-refractivity contribution >= 4 is 35.0 Å². The first-order chi connectivity index (χ1) is 8.18. The second-order valence-electron chi connectivity index (χ2n) is 4.00. The molecule has 0 spiro atoms. The van der Waals surface area contributed by atoms with Gasteiger partial charge in [-0.1, -0.05) is 23.7 Å². The molecule has 2 rings (SSSR count). The first-order valence-electron chi connectivity index (χ1n) is 5.55. The van der Waals surface area contributed by atoms with E-state index in [1.807, 2.05) is 19.1 Å². The van der Waals surface area contributed by atoms with Crippen LogP contribution in [0.1, 0.15) is 5.56 Å². The molecule has 0 bridgehead atoms. The second-order valence-corrected chi connectivity index (χ2v) is 5.56. The third-order valence-corrected chi connectivity index (χ3v) is 4.09. The molecule has 1 aliphatic heterocycles. The van der Waals surface area contributed by atoms with Gasteiger partial charge in [0.05, 0.1) is 16.8 Å². The molecular weight excluding hydrogens is 256 g/mol. The molecule has 1 atom stereocenters. The van der Waals surface area contributed by atoms with Crippen LogP contribution < -0.4 is 10.6 Å². The second kappa shape index (κ2) is 5.76. The van der Waals surface area contributed by atoms with Crippen LogP contribution in [0.5, 0.6) is 0 Å². The highest BCUT2D eigenvalue weighted by molar-refractivity contribution is 7.99. The van der Waals surface area contributed by atoms with E-state index >= 15 is 0 Å². The van der Waals surface area contributed by atoms with E-state index in [0.717, 1.165) is 29.3 Å². The van der Waals surface area contributed by atoms with Gasteiger partial charge in [0.25, 0.3) is 0 Å². The summed E-state index contributed by atoms with van der Waals surface area (Å²) in [6.07, 6.45) is 0. The first kappa shape index (κ1) is 12.7. The van der Waals surface area contributed by atoms with E-state index in [1.54, 1.807) is 17.8 Å². The predicted molar refractivity (Wildman–Crippen MR) is 73.9 cm³/mol. The molecule has 1 fully saturated rings. The maximum absolute atomic E-state index is 12.0. The Morgan fingerprint density at radius 2 is 2.41 bits per heavy atom. The maximum atomic E-state index is 12.0. The lowest BCUT2D eigenvalue weighted by atomic mass is 10.2. The summed E-state index contributed by atoms with van der Waals surface area (Å²) >= 11 is 7.87. The summed E-state index contributed by atoms with van der Waals surface area (Å²) in [4.78, 5) is 12.0. The summed E-state index contributed by atoms with van der Waals surface area (Å²) in [6.45, 7) is 2.81. The number of hydrogen-bond donors (Lipinski definition) is 2. The van der Waals surface area contributed by atoms with E-state index in [4.69, 9.17) is 11.6 Å². The predicted octanol–water partition coefficient (Wildman–Crippen LogP) is 2.29. The fourth-order valence-electron chi connectivity index (χ4n) is 1.73. The quantitative estimate of drug-likeness (QED) is 0.866. The van der Waals surface area contributed by atoms with E-state index in [-0.39, 0.29) is 11.9 Å². The van der Waals surface area contributed by atoms with Gasteiger partial charge in [0.2, 0.25) is 5.91 Å². The van der Waals surface area contributed by atoms with E-state index in [1.165, 1.54) is 0 Å². The molecule has 1 unspecified atom stereocenters. The number of aryl methyl sites for hydroxylation is 1. The summed E-state index contributed by atoms with van der Waals surface area (Å²) < 4.78 is 0. The molecule has 1 saturated heterocycles. The van der Waals surface area contributed by atoms with E-state index in [2.05, 4.69) is 10.6 Å². The number of carbonyl (C=O) groups is 1. The van der Waals surface area contributed by atoms with Crippen molar-refractivity contribution in [3.63, 3.8) is 0 Å². The molecule has 3 nitrogen and oxygen atoms in total. The minimum atomic E-state index is -0.121. The van der Waals surface area contributed by atoms with Crippen LogP contribution in [0.2, 0.25) is 5.02 Å². The highest BCUT2D eigenvalue weighted by Crippen LogP contribution is 2.25. The standard InChI is InChI=1S/C12H15ClN2OS/c1-8-3-2-4-9(13)11(8)15-12(16)10-7-17-6-5-14-10/h2-4,10,14H,5-7H2,1H3,(H,15,16). The lowest BCUT2D eigenvalue weighted by molar-refractivity contribution is -0.117. The molecule has 1 amide bonds. The monoisotopic (exact) mass is 270 g/mol. The molecule has 2 N–H and O–H groups in total. The average Bonchev–Trinajstić information content (AvgIpc) is 2.35. The molecular formula is C12H15ClN2OS. The minimum Gasteiger partial charge on any atom is -0.323 e. The molecule has 1 aromatic rings. The van der Waals surface area contributed by atoms with Crippen LogP contribution in [0, 0.1) is 6.92 Å². The Labute approximate surface area is 110 Å². The van der Waals surface area contributed by atoms with Crippen molar-refractivity contribution in [2.24, 2.45) is 0 Å². The summed E-state index contributed by atoms with van der Waals surface area (Å²) in [5, 5.41) is 6.69. The van der Waals surface area contributed by atoms with Crippen LogP contribution in [0.4, 0.5) is 5.69 Å². The van der Waals surface area contributed by atoms with Crippen molar-refractivity contribution in [3.8, 4) is 0 Å². The fourth-order valence-corrected chi connectivity index (χ4v) is 2.94. The number of hydrogen-bond acceptors (Lipinski definition) is 3. The molecule has 0 saturated carbocycles. The average molecular weight is 271 g/mol. The van der Waals surface area contributed by atoms with Crippen LogP contribution >= 0.6 is 23.4 Å². The van der Waals surface area contributed by atoms with Crippen molar-refractivity contribution in [2.75, 3.05) is 23.4 Å². The number of para-hydroxylation sites is 1. The van der Waals surface area contributed by atoms with Crippen molar-refractivity contribution in [1.29, 1.82) is 0 Å². The maximum Gasteiger partial charge on any atom is 0.242 e. The highest BCUT2D eigenvalue weighted by atomic mass is 35.5. The Kier molecular flexibility index (Phi) is 4.31. The number of halogens is 1. The van der Waals surface area contributed by atoms with Gasteiger partial charge in [0.1, 0.15) is 0 Å². The van der Waals surface area contributed by atoms with Gasteiger partial charge in [-0.05, 0) is 18.6 Å². The zero-order valence-corrected chi connectivity index (χ0v) is 11.2. The smallest absolute Gasteiger partial charge is 0.242 e. The van der Waals surface area contributed by atoms with Crippen molar-refractivity contribution in [1.82, 2.24) is 5.32 Å². The topological polar surface area (TPSA) is 41.1 Å². The third kappa shape index (κ3) is 3.15. The van der Waals surface area contributed by atoms with Gasteiger partial charge in [-0.25, -0.2) is 0 Å². The zero-order valence-electron chi connectivity index (χ0n) is 9.63. The number of rotatable bonds is 2. The van der Waals surface area contributed by atoms with E-state index in [9.17, 15) is 4.79 Å². The normalized spacial score (nSPS) is 20.0. The Balaban J connectivity index is 2.07. The Morgan fingerprint density at radius 3 is 3.06 bits per heavy atom. The molecule has 1 aromatic carbocycles. The van der Waals surface area contributed by atoms with Crippen LogP contribution in [0.3, 0.4) is 0 Å². The van der Waals surface area contributed by atoms with Gasteiger partial charge < -0.3 is 10.6 Å². The van der Waals surface area contributed by atoms with Crippen molar-refractivity contribution in [2.45, 2.75) is 13.0 Å². The van der Waals surface area contributed by atoms with E-state index < -0.39 is 0 Å². The molecule has 0 radical (unpaired) electrons. The van der Waals surface area contributed by atoms with Gasteiger partial charge in [0, 0.05) is 18.1 Å². The van der Waals surface area contributed by atoms with Gasteiger partial charge >= 0.3 is 0 Å². The molecule has 0 aromatic heterocycles.